The number of carbonyl (C=O) groups is 2. The number of aliphatic carboxylic acids is 1. The van der Waals surface area contributed by atoms with Crippen molar-refractivity contribution in [1.82, 2.24) is 4.90 Å². The van der Waals surface area contributed by atoms with Crippen LogP contribution in [0, 0.1) is 5.92 Å². The number of nitrogens with zero attached hydrogens (tertiary/aromatic N) is 1. The smallest absolute Gasteiger partial charge is 0.305 e. The third-order valence-corrected chi connectivity index (χ3v) is 5.00. The Morgan fingerprint density at radius 2 is 1.95 bits per heavy atom. The normalized spacial score (nSPS) is 29.1. The van der Waals surface area contributed by atoms with Crippen molar-refractivity contribution in [2.24, 2.45) is 5.92 Å². The molecule has 0 radical (unpaired) electrons. The van der Waals surface area contributed by atoms with Crippen molar-refractivity contribution in [3.05, 3.63) is 0 Å². The highest BCUT2D eigenvalue weighted by atomic mass is 16.5. The van der Waals surface area contributed by atoms with E-state index in [2.05, 4.69) is 0 Å². The number of hydrogen-bond donors (Lipinski definition) is 1. The predicted molar refractivity (Wildman–Crippen MR) is 74.4 cm³/mol. The van der Waals surface area contributed by atoms with Gasteiger partial charge < -0.3 is 14.7 Å². The summed E-state index contributed by atoms with van der Waals surface area (Å²) in [5, 5.41) is 9.22. The van der Waals surface area contributed by atoms with Crippen LogP contribution in [-0.4, -0.2) is 47.2 Å². The topological polar surface area (TPSA) is 66.8 Å². The highest BCUT2D eigenvalue weighted by Gasteiger charge is 2.44. The average Bonchev–Trinajstić information content (AvgIpc) is 2.83. The fraction of sp³-hybridized carbons (Fsp3) is 0.867. The summed E-state index contributed by atoms with van der Waals surface area (Å²) in [6.07, 6.45) is 5.46. The second-order valence-corrected chi connectivity index (χ2v) is 6.22. The highest BCUT2D eigenvalue weighted by molar-refractivity contribution is 5.81. The lowest BCUT2D eigenvalue weighted by molar-refractivity contribution is -0.149. The zero-order valence-corrected chi connectivity index (χ0v) is 12.4. The number of hydrogen-bond acceptors (Lipinski definition) is 3. The molecule has 1 saturated carbocycles. The minimum Gasteiger partial charge on any atom is -0.481 e. The molecule has 1 aliphatic carbocycles. The molecule has 1 aliphatic heterocycles. The molecule has 114 valence electrons. The van der Waals surface area contributed by atoms with Gasteiger partial charge in [0.25, 0.3) is 0 Å². The number of carboxylic acids is 1. The monoisotopic (exact) mass is 283 g/mol. The van der Waals surface area contributed by atoms with E-state index in [1.165, 1.54) is 0 Å². The molecule has 1 saturated heterocycles. The molecule has 2 unspecified atom stereocenters. The van der Waals surface area contributed by atoms with Gasteiger partial charge in [-0.1, -0.05) is 19.3 Å². The molecule has 5 heteroatoms. The first-order chi connectivity index (χ1) is 9.46. The molecule has 2 atom stereocenters. The largest absolute Gasteiger partial charge is 0.481 e. The highest BCUT2D eigenvalue weighted by Crippen LogP contribution is 2.37. The molecule has 1 amide bonds. The van der Waals surface area contributed by atoms with Gasteiger partial charge in [0.15, 0.2) is 0 Å². The molecule has 5 nitrogen and oxygen atoms in total. The van der Waals surface area contributed by atoms with E-state index in [1.807, 2.05) is 6.92 Å². The molecule has 0 bridgehead atoms. The maximum atomic E-state index is 12.7. The maximum absolute atomic E-state index is 12.7. The molecule has 0 aromatic heterocycles. The van der Waals surface area contributed by atoms with Crippen LogP contribution in [0.25, 0.3) is 0 Å². The summed E-state index contributed by atoms with van der Waals surface area (Å²) in [6, 6.07) is 0. The van der Waals surface area contributed by atoms with Gasteiger partial charge >= 0.3 is 5.97 Å². The summed E-state index contributed by atoms with van der Waals surface area (Å²) >= 11 is 0. The average molecular weight is 283 g/mol. The number of amides is 1. The van der Waals surface area contributed by atoms with Crippen LogP contribution < -0.4 is 0 Å². The lowest BCUT2D eigenvalue weighted by Gasteiger charge is -2.45. The Kier molecular flexibility index (Phi) is 4.68. The van der Waals surface area contributed by atoms with Crippen molar-refractivity contribution in [1.29, 1.82) is 0 Å². The van der Waals surface area contributed by atoms with Crippen LogP contribution in [0.5, 0.6) is 0 Å². The van der Waals surface area contributed by atoms with E-state index in [0.29, 0.717) is 6.61 Å². The first-order valence-electron chi connectivity index (χ1n) is 7.57. The molecule has 20 heavy (non-hydrogen) atoms. The molecule has 1 N–H and O–H groups in total. The summed E-state index contributed by atoms with van der Waals surface area (Å²) in [6.45, 7) is 2.55. The molecule has 0 aromatic rings. The van der Waals surface area contributed by atoms with Gasteiger partial charge in [0, 0.05) is 13.7 Å². The van der Waals surface area contributed by atoms with Crippen molar-refractivity contribution in [2.45, 2.75) is 63.5 Å². The van der Waals surface area contributed by atoms with E-state index in [0.717, 1.165) is 38.5 Å². The molecule has 0 spiro atoms. The zero-order chi connectivity index (χ0) is 14.8. The van der Waals surface area contributed by atoms with E-state index in [-0.39, 0.29) is 24.3 Å². The van der Waals surface area contributed by atoms with Gasteiger partial charge in [-0.3, -0.25) is 9.59 Å². The third-order valence-electron chi connectivity index (χ3n) is 5.00. The fourth-order valence-electron chi connectivity index (χ4n) is 3.66. The molecule has 0 aromatic carbocycles. The number of carbonyl (C=O) groups excluding carboxylic acids is 1. The predicted octanol–water partition coefficient (Wildman–Crippen LogP) is 2.05. The van der Waals surface area contributed by atoms with Gasteiger partial charge in [0.05, 0.1) is 24.0 Å². The molecule has 2 aliphatic rings. The minimum absolute atomic E-state index is 0.0528. The summed E-state index contributed by atoms with van der Waals surface area (Å²) in [5.41, 5.74) is -0.497. The van der Waals surface area contributed by atoms with E-state index in [1.54, 1.807) is 11.9 Å². The first-order valence-corrected chi connectivity index (χ1v) is 7.57. The van der Waals surface area contributed by atoms with Crippen LogP contribution in [-0.2, 0) is 14.3 Å². The second-order valence-electron chi connectivity index (χ2n) is 6.22. The van der Waals surface area contributed by atoms with E-state index in [9.17, 15) is 14.7 Å². The zero-order valence-electron chi connectivity index (χ0n) is 12.4. The first kappa shape index (κ1) is 15.3. The van der Waals surface area contributed by atoms with Gasteiger partial charge in [0.1, 0.15) is 0 Å². The quantitative estimate of drug-likeness (QED) is 0.857. The Labute approximate surface area is 120 Å². The van der Waals surface area contributed by atoms with Gasteiger partial charge in [-0.05, 0) is 26.2 Å². The molecular weight excluding hydrogens is 258 g/mol. The summed E-state index contributed by atoms with van der Waals surface area (Å²) in [7, 11) is 1.78. The van der Waals surface area contributed by atoms with Crippen LogP contribution in [0.4, 0.5) is 0 Å². The summed E-state index contributed by atoms with van der Waals surface area (Å²) in [4.78, 5) is 25.6. The van der Waals surface area contributed by atoms with Gasteiger partial charge in [-0.25, -0.2) is 0 Å². The Balaban J connectivity index is 2.15. The van der Waals surface area contributed by atoms with Crippen molar-refractivity contribution in [3.63, 3.8) is 0 Å². The SMILES string of the molecule is CC1OCCC1C(=O)N(C)C1(CC(=O)O)CCCCC1. The van der Waals surface area contributed by atoms with E-state index in [4.69, 9.17) is 4.74 Å². The Bertz CT molecular complexity index is 376. The van der Waals surface area contributed by atoms with Crippen molar-refractivity contribution in [3.8, 4) is 0 Å². The second kappa shape index (κ2) is 6.12. The number of ether oxygens (including phenoxy) is 1. The van der Waals surface area contributed by atoms with Crippen LogP contribution in [0.3, 0.4) is 0 Å². The molecular formula is C15H25NO4. The van der Waals surface area contributed by atoms with Crippen LogP contribution in [0.2, 0.25) is 0 Å². The lowest BCUT2D eigenvalue weighted by Crippen LogP contribution is -2.54. The number of carboxylic acid groups (broad SMARTS) is 1. The van der Waals surface area contributed by atoms with Crippen LogP contribution >= 0.6 is 0 Å². The van der Waals surface area contributed by atoms with Gasteiger partial charge in [-0.2, -0.15) is 0 Å². The lowest BCUT2D eigenvalue weighted by atomic mass is 9.77. The standard InChI is InChI=1S/C15H25NO4/c1-11-12(6-9-20-11)14(19)16(2)15(10-13(17)18)7-4-3-5-8-15/h11-12H,3-10H2,1-2H3,(H,17,18). The number of rotatable bonds is 4. The van der Waals surface area contributed by atoms with Crippen LogP contribution in [0.15, 0.2) is 0 Å². The molecule has 1 heterocycles. The van der Waals surface area contributed by atoms with Gasteiger partial charge in [0.2, 0.25) is 5.91 Å². The third kappa shape index (κ3) is 2.97. The Morgan fingerprint density at radius 3 is 2.45 bits per heavy atom. The van der Waals surface area contributed by atoms with E-state index >= 15 is 0 Å². The molecule has 2 rings (SSSR count). The maximum Gasteiger partial charge on any atom is 0.305 e. The van der Waals surface area contributed by atoms with Crippen molar-refractivity contribution >= 4 is 11.9 Å². The Morgan fingerprint density at radius 1 is 1.30 bits per heavy atom. The van der Waals surface area contributed by atoms with E-state index < -0.39 is 11.5 Å². The summed E-state index contributed by atoms with van der Waals surface area (Å²) < 4.78 is 5.47. The van der Waals surface area contributed by atoms with Crippen LogP contribution in [0.1, 0.15) is 51.9 Å². The molecule has 2 fully saturated rings. The minimum atomic E-state index is -0.817. The fourth-order valence-corrected chi connectivity index (χ4v) is 3.66. The Hall–Kier alpha value is -1.10. The summed E-state index contributed by atoms with van der Waals surface area (Å²) in [5.74, 6) is -0.881. The van der Waals surface area contributed by atoms with Crippen molar-refractivity contribution in [2.75, 3.05) is 13.7 Å². The van der Waals surface area contributed by atoms with Crippen molar-refractivity contribution < 1.29 is 19.4 Å². The van der Waals surface area contributed by atoms with Gasteiger partial charge in [-0.15, -0.1) is 0 Å².